The summed E-state index contributed by atoms with van der Waals surface area (Å²) in [6.07, 6.45) is -0.0929. The molecule has 2 aromatic heterocycles. The summed E-state index contributed by atoms with van der Waals surface area (Å²) in [6.45, 7) is 2.57. The van der Waals surface area contributed by atoms with Gasteiger partial charge < -0.3 is 4.74 Å². The van der Waals surface area contributed by atoms with Crippen molar-refractivity contribution < 1.29 is 17.9 Å². The number of ether oxygens (including phenoxy) is 1. The van der Waals surface area contributed by atoms with Gasteiger partial charge in [0.15, 0.2) is 5.82 Å². The number of hydrogen-bond donors (Lipinski definition) is 0. The molecule has 4 nitrogen and oxygen atoms in total. The number of pyridine rings is 1. The van der Waals surface area contributed by atoms with Crippen LogP contribution in [0.4, 0.5) is 13.2 Å². The van der Waals surface area contributed by atoms with E-state index in [9.17, 15) is 13.2 Å². The molecular weight excluding hydrogens is 355 g/mol. The van der Waals surface area contributed by atoms with Gasteiger partial charge in [0, 0.05) is 17.6 Å². The fourth-order valence-electron chi connectivity index (χ4n) is 2.33. The first-order valence-corrected chi connectivity index (χ1v) is 8.16. The molecule has 0 unspecified atom stereocenters. The molecule has 0 saturated carbocycles. The molecule has 0 bridgehead atoms. The normalized spacial score (nSPS) is 13.1. The Labute approximate surface area is 154 Å². The average Bonchev–Trinajstić information content (AvgIpc) is 2.66. The SMILES string of the molecule is C/C=C\C(Oc1cccc(-c2ncc3ccccc3n2)n1)=C(/C)C(F)(F)F. The molecule has 2 heterocycles. The van der Waals surface area contributed by atoms with Gasteiger partial charge in [-0.25, -0.2) is 15.0 Å². The Morgan fingerprint density at radius 3 is 2.56 bits per heavy atom. The van der Waals surface area contributed by atoms with E-state index in [4.69, 9.17) is 4.74 Å². The number of allylic oxidation sites excluding steroid dienone is 3. The summed E-state index contributed by atoms with van der Waals surface area (Å²) < 4.78 is 44.4. The molecular formula is C20H16F3N3O. The number of halogens is 3. The minimum absolute atomic E-state index is 0.0287. The van der Waals surface area contributed by atoms with Crippen LogP contribution in [-0.4, -0.2) is 21.1 Å². The molecule has 0 spiro atoms. The zero-order valence-corrected chi connectivity index (χ0v) is 14.7. The predicted molar refractivity (Wildman–Crippen MR) is 97.0 cm³/mol. The van der Waals surface area contributed by atoms with Crippen LogP contribution in [0.15, 0.2) is 72.1 Å². The van der Waals surface area contributed by atoms with Gasteiger partial charge >= 0.3 is 6.18 Å². The van der Waals surface area contributed by atoms with Crippen molar-refractivity contribution in [2.45, 2.75) is 20.0 Å². The maximum atomic E-state index is 13.0. The summed E-state index contributed by atoms with van der Waals surface area (Å²) in [5, 5.41) is 0.882. The summed E-state index contributed by atoms with van der Waals surface area (Å²) >= 11 is 0. The molecule has 0 saturated heterocycles. The van der Waals surface area contributed by atoms with Crippen LogP contribution < -0.4 is 4.74 Å². The molecule has 0 aliphatic heterocycles. The molecule has 1 aromatic carbocycles. The first-order chi connectivity index (χ1) is 12.9. The van der Waals surface area contributed by atoms with Crippen LogP contribution in [0, 0.1) is 0 Å². The topological polar surface area (TPSA) is 47.9 Å². The van der Waals surface area contributed by atoms with Crippen LogP contribution in [-0.2, 0) is 0 Å². The van der Waals surface area contributed by atoms with Gasteiger partial charge in [0.05, 0.1) is 11.1 Å². The second kappa shape index (κ2) is 7.57. The highest BCUT2D eigenvalue weighted by molar-refractivity contribution is 5.79. The highest BCUT2D eigenvalue weighted by Crippen LogP contribution is 2.29. The number of nitrogens with zero attached hydrogens (tertiary/aromatic N) is 3. The van der Waals surface area contributed by atoms with E-state index in [0.717, 1.165) is 17.8 Å². The fourth-order valence-corrected chi connectivity index (χ4v) is 2.33. The monoisotopic (exact) mass is 371 g/mol. The molecule has 27 heavy (non-hydrogen) atoms. The summed E-state index contributed by atoms with van der Waals surface area (Å²) in [7, 11) is 0. The third kappa shape index (κ3) is 4.31. The van der Waals surface area contributed by atoms with Crippen molar-refractivity contribution in [3.05, 3.63) is 72.1 Å². The minimum atomic E-state index is -4.49. The molecule has 7 heteroatoms. The first kappa shape index (κ1) is 18.6. The number of para-hydroxylation sites is 1. The van der Waals surface area contributed by atoms with E-state index in [1.54, 1.807) is 25.3 Å². The van der Waals surface area contributed by atoms with E-state index < -0.39 is 11.7 Å². The minimum Gasteiger partial charge on any atom is -0.439 e. The highest BCUT2D eigenvalue weighted by atomic mass is 19.4. The Hall–Kier alpha value is -3.22. The van der Waals surface area contributed by atoms with Crippen LogP contribution >= 0.6 is 0 Å². The second-order valence-corrected chi connectivity index (χ2v) is 5.70. The first-order valence-electron chi connectivity index (χ1n) is 8.16. The van der Waals surface area contributed by atoms with E-state index in [1.165, 1.54) is 18.2 Å². The number of alkyl halides is 3. The molecule has 0 aliphatic rings. The van der Waals surface area contributed by atoms with E-state index in [-0.39, 0.29) is 11.6 Å². The maximum Gasteiger partial charge on any atom is 0.415 e. The largest absolute Gasteiger partial charge is 0.439 e. The zero-order chi connectivity index (χ0) is 19.4. The quantitative estimate of drug-likeness (QED) is 0.450. The Balaban J connectivity index is 1.97. The van der Waals surface area contributed by atoms with Crippen molar-refractivity contribution >= 4 is 10.9 Å². The van der Waals surface area contributed by atoms with Crippen molar-refractivity contribution in [3.8, 4) is 17.4 Å². The zero-order valence-electron chi connectivity index (χ0n) is 14.7. The molecule has 138 valence electrons. The van der Waals surface area contributed by atoms with E-state index >= 15 is 0 Å². The molecule has 0 aliphatic carbocycles. The Bertz CT molecular complexity index is 1030. The molecule has 0 fully saturated rings. The van der Waals surface area contributed by atoms with Crippen LogP contribution in [0.25, 0.3) is 22.4 Å². The maximum absolute atomic E-state index is 13.0. The standard InChI is InChI=1S/C20H16F3N3O/c1-3-7-17(13(2)20(21,22)23)27-18-11-6-10-16(25-18)19-24-12-14-8-4-5-9-15(14)26-19/h3-12H,1-2H3/b7-3-,17-13-. The number of hydrogen-bond acceptors (Lipinski definition) is 4. The van der Waals surface area contributed by atoms with E-state index in [2.05, 4.69) is 15.0 Å². The lowest BCUT2D eigenvalue weighted by Gasteiger charge is -2.13. The van der Waals surface area contributed by atoms with Gasteiger partial charge in [-0.3, -0.25) is 0 Å². The summed E-state index contributed by atoms with van der Waals surface area (Å²) in [5.74, 6) is 0.0818. The smallest absolute Gasteiger partial charge is 0.415 e. The van der Waals surface area contributed by atoms with Crippen molar-refractivity contribution in [2.24, 2.45) is 0 Å². The van der Waals surface area contributed by atoms with E-state index in [0.29, 0.717) is 11.5 Å². The van der Waals surface area contributed by atoms with Gasteiger partial charge in [-0.1, -0.05) is 30.3 Å². The molecule has 0 amide bonds. The third-order valence-corrected chi connectivity index (χ3v) is 3.77. The highest BCUT2D eigenvalue weighted by Gasteiger charge is 2.33. The van der Waals surface area contributed by atoms with Gasteiger partial charge in [-0.05, 0) is 32.1 Å². The predicted octanol–water partition coefficient (Wildman–Crippen LogP) is 5.48. The van der Waals surface area contributed by atoms with Crippen molar-refractivity contribution in [1.82, 2.24) is 15.0 Å². The number of aromatic nitrogens is 3. The van der Waals surface area contributed by atoms with Crippen LogP contribution in [0.3, 0.4) is 0 Å². The summed E-state index contributed by atoms with van der Waals surface area (Å²) in [5.41, 5.74) is 0.315. The summed E-state index contributed by atoms with van der Waals surface area (Å²) in [6, 6.07) is 12.3. The second-order valence-electron chi connectivity index (χ2n) is 5.70. The fraction of sp³-hybridized carbons (Fsp3) is 0.150. The van der Waals surface area contributed by atoms with Crippen molar-refractivity contribution in [2.75, 3.05) is 0 Å². The van der Waals surface area contributed by atoms with E-state index in [1.807, 2.05) is 24.3 Å². The lowest BCUT2D eigenvalue weighted by Crippen LogP contribution is -2.14. The van der Waals surface area contributed by atoms with Gasteiger partial charge in [0.2, 0.25) is 5.88 Å². The van der Waals surface area contributed by atoms with Crippen LogP contribution in [0.2, 0.25) is 0 Å². The molecule has 3 aromatic rings. The van der Waals surface area contributed by atoms with Gasteiger partial charge in [-0.15, -0.1) is 0 Å². The molecule has 3 rings (SSSR count). The Morgan fingerprint density at radius 1 is 1.04 bits per heavy atom. The van der Waals surface area contributed by atoms with Gasteiger partial charge in [-0.2, -0.15) is 13.2 Å². The molecule has 0 atom stereocenters. The van der Waals surface area contributed by atoms with Gasteiger partial charge in [0.25, 0.3) is 0 Å². The lowest BCUT2D eigenvalue weighted by molar-refractivity contribution is -0.0934. The lowest BCUT2D eigenvalue weighted by atomic mass is 10.2. The van der Waals surface area contributed by atoms with Crippen molar-refractivity contribution in [3.63, 3.8) is 0 Å². The Morgan fingerprint density at radius 2 is 1.81 bits per heavy atom. The average molecular weight is 371 g/mol. The van der Waals surface area contributed by atoms with Gasteiger partial charge in [0.1, 0.15) is 11.5 Å². The van der Waals surface area contributed by atoms with Crippen LogP contribution in [0.1, 0.15) is 13.8 Å². The molecule has 0 N–H and O–H groups in total. The number of fused-ring (bicyclic) bond motifs is 1. The molecule has 0 radical (unpaired) electrons. The number of benzene rings is 1. The summed E-state index contributed by atoms with van der Waals surface area (Å²) in [4.78, 5) is 13.0. The van der Waals surface area contributed by atoms with Crippen molar-refractivity contribution in [1.29, 1.82) is 0 Å². The van der Waals surface area contributed by atoms with Crippen LogP contribution in [0.5, 0.6) is 5.88 Å². The number of rotatable bonds is 4. The third-order valence-electron chi connectivity index (χ3n) is 3.77. The Kier molecular flexibility index (Phi) is 5.21.